The fourth-order valence-electron chi connectivity index (χ4n) is 2.06. The second-order valence-electron chi connectivity index (χ2n) is 4.71. The molecular weight excluding hydrogens is 326 g/mol. The molecule has 1 aliphatic rings. The van der Waals surface area contributed by atoms with E-state index in [1.54, 1.807) is 42.6 Å². The van der Waals surface area contributed by atoms with E-state index in [0.717, 1.165) is 11.3 Å². The first-order valence-electron chi connectivity index (χ1n) is 6.50. The van der Waals surface area contributed by atoms with Gasteiger partial charge in [-0.2, -0.15) is 0 Å². The highest BCUT2D eigenvalue weighted by Gasteiger charge is 2.36. The average molecular weight is 339 g/mol. The number of fused-ring (bicyclic) bond motifs is 1. The van der Waals surface area contributed by atoms with Gasteiger partial charge in [-0.15, -0.1) is 11.3 Å². The van der Waals surface area contributed by atoms with Gasteiger partial charge in [0, 0.05) is 0 Å². The Morgan fingerprint density at radius 3 is 2.45 bits per heavy atom. The number of rotatable bonds is 3. The number of carbonyl (C=O) groups is 1. The van der Waals surface area contributed by atoms with Crippen LogP contribution in [0.3, 0.4) is 0 Å². The highest BCUT2D eigenvalue weighted by Crippen LogP contribution is 2.33. The summed E-state index contributed by atoms with van der Waals surface area (Å²) < 4.78 is 37.4. The number of sulfonamides is 1. The van der Waals surface area contributed by atoms with Crippen molar-refractivity contribution in [1.82, 2.24) is 4.72 Å². The second kappa shape index (κ2) is 5.62. The molecule has 2 heterocycles. The number of hydrogen-bond acceptors (Lipinski definition) is 6. The molecule has 1 amide bonds. The first-order valence-corrected chi connectivity index (χ1v) is 8.86. The van der Waals surface area contributed by atoms with Crippen LogP contribution in [0.2, 0.25) is 0 Å². The number of benzene rings is 1. The van der Waals surface area contributed by atoms with Gasteiger partial charge in [-0.25, -0.2) is 13.1 Å². The predicted molar refractivity (Wildman–Crippen MR) is 80.6 cm³/mol. The topological polar surface area (TPSA) is 81.7 Å². The number of ether oxygens (including phenoxy) is 2. The Kier molecular flexibility index (Phi) is 3.79. The molecule has 0 saturated heterocycles. The van der Waals surface area contributed by atoms with E-state index in [1.807, 2.05) is 4.72 Å². The fourth-order valence-corrected chi connectivity index (χ4v) is 4.05. The minimum absolute atomic E-state index is 0.0747. The Hall–Kier alpha value is -2.06. The third kappa shape index (κ3) is 2.79. The Morgan fingerprint density at radius 1 is 1.14 bits per heavy atom. The maximum Gasteiger partial charge on any atom is 0.278 e. The molecule has 0 radical (unpaired) electrons. The first-order chi connectivity index (χ1) is 10.5. The van der Waals surface area contributed by atoms with E-state index in [0.29, 0.717) is 11.5 Å². The lowest BCUT2D eigenvalue weighted by Gasteiger charge is -2.30. The summed E-state index contributed by atoms with van der Waals surface area (Å²) in [4.78, 5) is 12.2. The molecular formula is C14H13NO5S2. The predicted octanol–water partition coefficient (Wildman–Crippen LogP) is 1.78. The third-order valence-corrected chi connectivity index (χ3v) is 5.84. The summed E-state index contributed by atoms with van der Waals surface area (Å²) >= 11 is 1.03. The Morgan fingerprint density at radius 2 is 1.82 bits per heavy atom. The van der Waals surface area contributed by atoms with Gasteiger partial charge in [0.25, 0.3) is 15.9 Å². The SMILES string of the molecule is C[C@@H]1Oc2ccccc2O[C@@H]1C(=O)NS(=O)(=O)c1cccs1. The summed E-state index contributed by atoms with van der Waals surface area (Å²) in [6.07, 6.45) is -1.64. The van der Waals surface area contributed by atoms with Gasteiger partial charge in [-0.3, -0.25) is 4.79 Å². The van der Waals surface area contributed by atoms with Crippen LogP contribution in [-0.4, -0.2) is 26.5 Å². The molecule has 1 aromatic carbocycles. The molecule has 1 aromatic heterocycles. The highest BCUT2D eigenvalue weighted by molar-refractivity contribution is 7.92. The number of amides is 1. The molecule has 0 fully saturated rings. The summed E-state index contributed by atoms with van der Waals surface area (Å²) in [5, 5.41) is 1.62. The molecule has 0 aliphatic carbocycles. The number of hydrogen-bond donors (Lipinski definition) is 1. The molecule has 2 atom stereocenters. The number of nitrogens with one attached hydrogen (secondary N) is 1. The lowest BCUT2D eigenvalue weighted by atomic mass is 10.2. The van der Waals surface area contributed by atoms with Crippen LogP contribution in [0.1, 0.15) is 6.92 Å². The zero-order chi connectivity index (χ0) is 15.7. The quantitative estimate of drug-likeness (QED) is 0.922. The van der Waals surface area contributed by atoms with E-state index in [4.69, 9.17) is 9.47 Å². The van der Waals surface area contributed by atoms with E-state index >= 15 is 0 Å². The van der Waals surface area contributed by atoms with Crippen LogP contribution in [-0.2, 0) is 14.8 Å². The molecule has 0 spiro atoms. The molecule has 3 rings (SSSR count). The molecule has 0 saturated carbocycles. The van der Waals surface area contributed by atoms with Crippen LogP contribution in [0.25, 0.3) is 0 Å². The summed E-state index contributed by atoms with van der Waals surface area (Å²) in [7, 11) is -3.88. The van der Waals surface area contributed by atoms with E-state index < -0.39 is 28.1 Å². The van der Waals surface area contributed by atoms with Crippen molar-refractivity contribution in [3.05, 3.63) is 41.8 Å². The zero-order valence-corrected chi connectivity index (χ0v) is 13.2. The summed E-state index contributed by atoms with van der Waals surface area (Å²) in [6.45, 7) is 1.65. The highest BCUT2D eigenvalue weighted by atomic mass is 32.2. The van der Waals surface area contributed by atoms with Crippen molar-refractivity contribution in [2.24, 2.45) is 0 Å². The van der Waals surface area contributed by atoms with Gasteiger partial charge in [0.2, 0.25) is 6.10 Å². The molecule has 22 heavy (non-hydrogen) atoms. The molecule has 0 unspecified atom stereocenters. The van der Waals surface area contributed by atoms with Crippen molar-refractivity contribution >= 4 is 27.3 Å². The van der Waals surface area contributed by atoms with Crippen molar-refractivity contribution in [3.63, 3.8) is 0 Å². The smallest absolute Gasteiger partial charge is 0.278 e. The van der Waals surface area contributed by atoms with Gasteiger partial charge in [0.1, 0.15) is 10.3 Å². The van der Waals surface area contributed by atoms with Crippen molar-refractivity contribution in [2.45, 2.75) is 23.3 Å². The molecule has 8 heteroatoms. The monoisotopic (exact) mass is 339 g/mol. The van der Waals surface area contributed by atoms with Gasteiger partial charge < -0.3 is 9.47 Å². The number of carbonyl (C=O) groups excluding carboxylic acids is 1. The van der Waals surface area contributed by atoms with Crippen molar-refractivity contribution < 1.29 is 22.7 Å². The van der Waals surface area contributed by atoms with Gasteiger partial charge in [-0.1, -0.05) is 18.2 Å². The molecule has 1 aliphatic heterocycles. The average Bonchev–Trinajstić information content (AvgIpc) is 3.01. The minimum atomic E-state index is -3.88. The lowest BCUT2D eigenvalue weighted by Crippen LogP contribution is -2.50. The van der Waals surface area contributed by atoms with Crippen molar-refractivity contribution in [3.8, 4) is 11.5 Å². The van der Waals surface area contributed by atoms with Crippen LogP contribution < -0.4 is 14.2 Å². The minimum Gasteiger partial charge on any atom is -0.482 e. The summed E-state index contributed by atoms with van der Waals surface area (Å²) in [5.74, 6) is 0.185. The largest absolute Gasteiger partial charge is 0.482 e. The first kappa shape index (κ1) is 14.9. The fraction of sp³-hybridized carbons (Fsp3) is 0.214. The second-order valence-corrected chi connectivity index (χ2v) is 7.57. The zero-order valence-electron chi connectivity index (χ0n) is 11.6. The van der Waals surface area contributed by atoms with E-state index in [9.17, 15) is 13.2 Å². The van der Waals surface area contributed by atoms with Crippen LogP contribution in [0.4, 0.5) is 0 Å². The van der Waals surface area contributed by atoms with E-state index in [2.05, 4.69) is 0 Å². The van der Waals surface area contributed by atoms with E-state index in [-0.39, 0.29) is 4.21 Å². The molecule has 0 bridgehead atoms. The van der Waals surface area contributed by atoms with Gasteiger partial charge >= 0.3 is 0 Å². The summed E-state index contributed by atoms with van der Waals surface area (Å²) in [5.41, 5.74) is 0. The van der Waals surface area contributed by atoms with Crippen LogP contribution in [0, 0.1) is 0 Å². The van der Waals surface area contributed by atoms with Gasteiger partial charge in [0.15, 0.2) is 11.5 Å². The van der Waals surface area contributed by atoms with Crippen LogP contribution >= 0.6 is 11.3 Å². The number of thiophene rings is 1. The molecule has 6 nitrogen and oxygen atoms in total. The van der Waals surface area contributed by atoms with Crippen LogP contribution in [0.15, 0.2) is 46.0 Å². The molecule has 1 N–H and O–H groups in total. The Labute approximate surface area is 131 Å². The lowest BCUT2D eigenvalue weighted by molar-refractivity contribution is -0.131. The molecule has 2 aromatic rings. The van der Waals surface area contributed by atoms with Gasteiger partial charge in [0.05, 0.1) is 0 Å². The number of para-hydroxylation sites is 2. The van der Waals surface area contributed by atoms with Gasteiger partial charge in [-0.05, 0) is 30.5 Å². The van der Waals surface area contributed by atoms with Crippen LogP contribution in [0.5, 0.6) is 11.5 Å². The maximum absolute atomic E-state index is 12.2. The Balaban J connectivity index is 1.79. The Bertz CT molecular complexity index is 785. The summed E-state index contributed by atoms with van der Waals surface area (Å²) in [6, 6.07) is 9.95. The van der Waals surface area contributed by atoms with E-state index in [1.165, 1.54) is 6.07 Å². The standard InChI is InChI=1S/C14H13NO5S2/c1-9-13(20-11-6-3-2-5-10(11)19-9)14(16)15-22(17,18)12-7-4-8-21-12/h2-9,13H,1H3,(H,15,16)/t9-,13-/m0/s1. The molecule has 116 valence electrons. The normalized spacial score (nSPS) is 20.4. The van der Waals surface area contributed by atoms with Crippen molar-refractivity contribution in [2.75, 3.05) is 0 Å². The third-order valence-electron chi connectivity index (χ3n) is 3.10. The maximum atomic E-state index is 12.2. The van der Waals surface area contributed by atoms with Crippen molar-refractivity contribution in [1.29, 1.82) is 0 Å².